The lowest BCUT2D eigenvalue weighted by atomic mass is 9.87. The number of rotatable bonds is 9. The van der Waals surface area contributed by atoms with Gasteiger partial charge in [-0.15, -0.1) is 0 Å². The van der Waals surface area contributed by atoms with Crippen molar-refractivity contribution in [2.45, 2.75) is 46.1 Å². The molecule has 36 heavy (non-hydrogen) atoms. The molecule has 2 N–H and O–H groups in total. The molecule has 1 aliphatic carbocycles. The summed E-state index contributed by atoms with van der Waals surface area (Å²) in [4.78, 5) is 28.8. The first kappa shape index (κ1) is 26.0. The molecular weight excluding hydrogens is 454 g/mol. The Bertz CT molecular complexity index is 1080. The molecule has 2 atom stereocenters. The van der Waals surface area contributed by atoms with Crippen LogP contribution in [0.25, 0.3) is 0 Å². The molecule has 2 aromatic rings. The number of carbonyl (C=O) groups excluding carboxylic acids is 2. The molecule has 2 aromatic carbocycles. The van der Waals surface area contributed by atoms with Crippen molar-refractivity contribution < 1.29 is 19.1 Å². The van der Waals surface area contributed by atoms with Crippen LogP contribution in [-0.2, 0) is 29.0 Å². The zero-order chi connectivity index (χ0) is 25.7. The quantitative estimate of drug-likeness (QED) is 0.551. The number of fused-ring (bicyclic) bond motifs is 1. The van der Waals surface area contributed by atoms with Crippen molar-refractivity contribution in [3.05, 3.63) is 53.1 Å². The van der Waals surface area contributed by atoms with Crippen molar-refractivity contribution >= 4 is 17.5 Å². The molecule has 1 fully saturated rings. The number of aryl methyl sites for hydroxylation is 2. The number of methoxy groups -OCH3 is 2. The smallest absolute Gasteiger partial charge is 0.228 e. The first-order valence-electron chi connectivity index (χ1n) is 13.0. The van der Waals surface area contributed by atoms with E-state index in [2.05, 4.69) is 41.5 Å². The summed E-state index contributed by atoms with van der Waals surface area (Å²) >= 11 is 0. The highest BCUT2D eigenvalue weighted by Gasteiger charge is 2.35. The van der Waals surface area contributed by atoms with Crippen LogP contribution in [0.5, 0.6) is 11.5 Å². The topological polar surface area (TPSA) is 79.9 Å². The highest BCUT2D eigenvalue weighted by molar-refractivity contribution is 5.93. The van der Waals surface area contributed by atoms with E-state index in [0.29, 0.717) is 43.5 Å². The van der Waals surface area contributed by atoms with Crippen LogP contribution in [0.15, 0.2) is 36.4 Å². The largest absolute Gasteiger partial charge is 0.493 e. The number of likely N-dealkylation sites (tertiary alicyclic amines) is 1. The lowest BCUT2D eigenvalue weighted by molar-refractivity contribution is -0.130. The second-order valence-electron chi connectivity index (χ2n) is 10.5. The third-order valence-electron chi connectivity index (χ3n) is 7.17. The SMILES string of the molecule is COc1ccc(CNC(=O)[C@H]2C[C@@H](C(=O)Nc3ccc4c(c3)CCC4)CN(CC(C)C)C2)cc1OC. The van der Waals surface area contributed by atoms with Gasteiger partial charge in [-0.25, -0.2) is 0 Å². The predicted octanol–water partition coefficient (Wildman–Crippen LogP) is 4.04. The number of benzene rings is 2. The van der Waals surface area contributed by atoms with Gasteiger partial charge < -0.3 is 25.0 Å². The molecular formula is C29H39N3O4. The Morgan fingerprint density at radius 3 is 2.39 bits per heavy atom. The van der Waals surface area contributed by atoms with Crippen molar-refractivity contribution in [1.82, 2.24) is 10.2 Å². The number of carbonyl (C=O) groups is 2. The fraction of sp³-hybridized carbons (Fsp3) is 0.517. The van der Waals surface area contributed by atoms with Gasteiger partial charge in [-0.1, -0.05) is 26.0 Å². The van der Waals surface area contributed by atoms with Crippen LogP contribution in [0.1, 0.15) is 43.4 Å². The molecule has 0 spiro atoms. The summed E-state index contributed by atoms with van der Waals surface area (Å²) in [7, 11) is 3.20. The molecule has 0 unspecified atom stereocenters. The Morgan fingerprint density at radius 2 is 1.67 bits per heavy atom. The maximum atomic E-state index is 13.3. The summed E-state index contributed by atoms with van der Waals surface area (Å²) in [6.07, 6.45) is 3.92. The lowest BCUT2D eigenvalue weighted by Gasteiger charge is -2.37. The number of nitrogens with zero attached hydrogens (tertiary/aromatic N) is 1. The number of hydrogen-bond acceptors (Lipinski definition) is 5. The highest BCUT2D eigenvalue weighted by Crippen LogP contribution is 2.29. The van der Waals surface area contributed by atoms with Crippen LogP contribution in [-0.4, -0.2) is 50.6 Å². The van der Waals surface area contributed by atoms with E-state index in [1.54, 1.807) is 14.2 Å². The van der Waals surface area contributed by atoms with Crippen molar-refractivity contribution in [3.63, 3.8) is 0 Å². The second kappa shape index (κ2) is 11.8. The van der Waals surface area contributed by atoms with Gasteiger partial charge in [0.15, 0.2) is 11.5 Å². The van der Waals surface area contributed by atoms with Gasteiger partial charge in [0.05, 0.1) is 26.1 Å². The molecule has 1 aliphatic heterocycles. The van der Waals surface area contributed by atoms with E-state index in [4.69, 9.17) is 9.47 Å². The summed E-state index contributed by atoms with van der Waals surface area (Å²) in [6.45, 7) is 6.93. The Labute approximate surface area is 214 Å². The second-order valence-corrected chi connectivity index (χ2v) is 10.5. The average molecular weight is 494 g/mol. The normalized spacial score (nSPS) is 19.6. The van der Waals surface area contributed by atoms with Crippen molar-refractivity contribution in [2.24, 2.45) is 17.8 Å². The van der Waals surface area contributed by atoms with E-state index in [1.807, 2.05) is 24.3 Å². The minimum atomic E-state index is -0.242. The van der Waals surface area contributed by atoms with Gasteiger partial charge in [0, 0.05) is 31.9 Å². The number of amides is 2. The van der Waals surface area contributed by atoms with Gasteiger partial charge in [-0.3, -0.25) is 9.59 Å². The highest BCUT2D eigenvalue weighted by atomic mass is 16.5. The predicted molar refractivity (Wildman–Crippen MR) is 141 cm³/mol. The zero-order valence-electron chi connectivity index (χ0n) is 21.9. The molecule has 7 nitrogen and oxygen atoms in total. The molecule has 1 saturated heterocycles. The summed E-state index contributed by atoms with van der Waals surface area (Å²) in [5.41, 5.74) is 4.52. The molecule has 0 radical (unpaired) electrons. The maximum Gasteiger partial charge on any atom is 0.228 e. The molecule has 2 amide bonds. The van der Waals surface area contributed by atoms with Gasteiger partial charge in [0.25, 0.3) is 0 Å². The standard InChI is InChI=1S/C29H39N3O4/c1-19(2)16-32-17-23(28(33)30-15-20-8-11-26(35-3)27(12-20)36-4)13-24(18-32)29(34)31-25-10-9-21-6-5-7-22(21)14-25/h8-12,14,19,23-24H,5-7,13,15-18H2,1-4H3,(H,30,33)(H,31,34)/t23-,24+/m0/s1. The lowest BCUT2D eigenvalue weighted by Crippen LogP contribution is -2.50. The Hall–Kier alpha value is -3.06. The van der Waals surface area contributed by atoms with Gasteiger partial charge >= 0.3 is 0 Å². The van der Waals surface area contributed by atoms with Crippen LogP contribution < -0.4 is 20.1 Å². The molecule has 2 aliphatic rings. The summed E-state index contributed by atoms with van der Waals surface area (Å²) < 4.78 is 10.7. The molecule has 0 bridgehead atoms. The molecule has 1 heterocycles. The fourth-order valence-electron chi connectivity index (χ4n) is 5.45. The zero-order valence-corrected chi connectivity index (χ0v) is 21.9. The fourth-order valence-corrected chi connectivity index (χ4v) is 5.45. The Morgan fingerprint density at radius 1 is 0.944 bits per heavy atom. The van der Waals surface area contributed by atoms with Crippen LogP contribution >= 0.6 is 0 Å². The molecule has 0 saturated carbocycles. The first-order valence-corrected chi connectivity index (χ1v) is 13.0. The van der Waals surface area contributed by atoms with Gasteiger partial charge in [-0.05, 0) is 72.6 Å². The van der Waals surface area contributed by atoms with E-state index in [-0.39, 0.29) is 23.7 Å². The van der Waals surface area contributed by atoms with Gasteiger partial charge in [0.2, 0.25) is 11.8 Å². The molecule has 4 rings (SSSR count). The van der Waals surface area contributed by atoms with Crippen LogP contribution in [0, 0.1) is 17.8 Å². The van der Waals surface area contributed by atoms with Crippen molar-refractivity contribution in [3.8, 4) is 11.5 Å². The van der Waals surface area contributed by atoms with Crippen molar-refractivity contribution in [1.29, 1.82) is 0 Å². The van der Waals surface area contributed by atoms with E-state index in [1.165, 1.54) is 17.5 Å². The molecule has 7 heteroatoms. The van der Waals surface area contributed by atoms with Gasteiger partial charge in [0.1, 0.15) is 0 Å². The van der Waals surface area contributed by atoms with Gasteiger partial charge in [-0.2, -0.15) is 0 Å². The van der Waals surface area contributed by atoms with Crippen LogP contribution in [0.4, 0.5) is 5.69 Å². The number of nitrogens with one attached hydrogen (secondary N) is 2. The minimum Gasteiger partial charge on any atom is -0.493 e. The van der Waals surface area contributed by atoms with E-state index in [9.17, 15) is 9.59 Å². The van der Waals surface area contributed by atoms with E-state index < -0.39 is 0 Å². The minimum absolute atomic E-state index is 0.000839. The monoisotopic (exact) mass is 493 g/mol. The number of ether oxygens (including phenoxy) is 2. The maximum absolute atomic E-state index is 13.3. The van der Waals surface area contributed by atoms with Crippen LogP contribution in [0.3, 0.4) is 0 Å². The van der Waals surface area contributed by atoms with Crippen molar-refractivity contribution in [2.75, 3.05) is 39.2 Å². The molecule has 194 valence electrons. The Kier molecular flexibility index (Phi) is 8.52. The summed E-state index contributed by atoms with van der Waals surface area (Å²) in [6, 6.07) is 11.9. The average Bonchev–Trinajstić information content (AvgIpc) is 3.34. The van der Waals surface area contributed by atoms with E-state index in [0.717, 1.165) is 30.6 Å². The molecule has 0 aromatic heterocycles. The first-order chi connectivity index (χ1) is 17.4. The third-order valence-corrected chi connectivity index (χ3v) is 7.17. The third kappa shape index (κ3) is 6.38. The summed E-state index contributed by atoms with van der Waals surface area (Å²) in [5, 5.41) is 6.21. The Balaban J connectivity index is 1.40. The van der Waals surface area contributed by atoms with E-state index >= 15 is 0 Å². The number of piperidine rings is 1. The van der Waals surface area contributed by atoms with Crippen LogP contribution in [0.2, 0.25) is 0 Å². The number of anilines is 1. The summed E-state index contributed by atoms with van der Waals surface area (Å²) in [5.74, 6) is 1.25. The number of hydrogen-bond donors (Lipinski definition) is 2.